The molecule has 3 rings (SSSR count). The molecule has 1 aliphatic carbocycles. The maximum absolute atomic E-state index is 12.1. The summed E-state index contributed by atoms with van der Waals surface area (Å²) in [6.45, 7) is 0.458. The lowest BCUT2D eigenvalue weighted by Crippen LogP contribution is -2.24. The lowest BCUT2D eigenvalue weighted by Gasteiger charge is -2.16. The van der Waals surface area contributed by atoms with Gasteiger partial charge in [0.25, 0.3) is 0 Å². The van der Waals surface area contributed by atoms with E-state index in [1.54, 1.807) is 12.1 Å². The van der Waals surface area contributed by atoms with E-state index in [0.29, 0.717) is 18.5 Å². The van der Waals surface area contributed by atoms with Crippen LogP contribution in [0.25, 0.3) is 0 Å². The quantitative estimate of drug-likeness (QED) is 0.942. The molecule has 0 bridgehead atoms. The minimum atomic E-state index is 0.0168. The number of fused-ring (bicyclic) bond motifs is 1. The average Bonchev–Trinajstić information content (AvgIpc) is 2.60. The minimum Gasteiger partial charge on any atom is -0.352 e. The molecule has 0 saturated heterocycles. The van der Waals surface area contributed by atoms with E-state index in [2.05, 4.69) is 29.6 Å². The van der Waals surface area contributed by atoms with Crippen LogP contribution in [0.2, 0.25) is 0 Å². The molecule has 23 heavy (non-hydrogen) atoms. The number of carbonyl (C=O) groups excluding carboxylic acids is 1. The minimum absolute atomic E-state index is 0.0168. The third kappa shape index (κ3) is 3.98. The highest BCUT2D eigenvalue weighted by Crippen LogP contribution is 2.22. The van der Waals surface area contributed by atoms with Crippen LogP contribution in [-0.4, -0.2) is 5.91 Å². The molecule has 0 aliphatic heterocycles. The molecule has 0 aromatic heterocycles. The maximum atomic E-state index is 12.1. The lowest BCUT2D eigenvalue weighted by atomic mass is 9.90. The number of hydrogen-bond donors (Lipinski definition) is 1. The topological polar surface area (TPSA) is 52.9 Å². The van der Waals surface area contributed by atoms with Crippen LogP contribution in [0.4, 0.5) is 0 Å². The van der Waals surface area contributed by atoms with Crippen molar-refractivity contribution in [1.82, 2.24) is 5.32 Å². The molecule has 0 saturated carbocycles. The first-order valence-electron chi connectivity index (χ1n) is 8.11. The van der Waals surface area contributed by atoms with E-state index in [-0.39, 0.29) is 5.91 Å². The number of nitriles is 1. The van der Waals surface area contributed by atoms with Crippen LogP contribution >= 0.6 is 0 Å². The van der Waals surface area contributed by atoms with Crippen molar-refractivity contribution in [1.29, 1.82) is 5.26 Å². The summed E-state index contributed by atoms with van der Waals surface area (Å²) in [5.41, 5.74) is 5.49. The van der Waals surface area contributed by atoms with Gasteiger partial charge in [-0.1, -0.05) is 30.3 Å². The van der Waals surface area contributed by atoms with E-state index in [1.165, 1.54) is 24.0 Å². The summed E-state index contributed by atoms with van der Waals surface area (Å²) in [6, 6.07) is 15.9. The molecular weight excluding hydrogens is 284 g/mol. The molecule has 2 aromatic rings. The number of nitrogens with one attached hydrogen (secondary N) is 1. The van der Waals surface area contributed by atoms with Crippen LogP contribution in [0.15, 0.2) is 42.5 Å². The molecule has 0 unspecified atom stereocenters. The monoisotopic (exact) mass is 304 g/mol. The first-order chi connectivity index (χ1) is 11.2. The third-order valence-electron chi connectivity index (χ3n) is 4.32. The number of carbonyl (C=O) groups is 1. The highest BCUT2D eigenvalue weighted by molar-refractivity contribution is 5.78. The first kappa shape index (κ1) is 15.3. The smallest absolute Gasteiger partial charge is 0.224 e. The molecule has 0 atom stereocenters. The van der Waals surface area contributed by atoms with Gasteiger partial charge in [-0.3, -0.25) is 4.79 Å². The van der Waals surface area contributed by atoms with Crippen molar-refractivity contribution in [2.75, 3.05) is 0 Å². The molecule has 0 fully saturated rings. The van der Waals surface area contributed by atoms with Crippen LogP contribution in [-0.2, 0) is 30.6 Å². The molecule has 2 aromatic carbocycles. The summed E-state index contributed by atoms with van der Waals surface area (Å²) in [6.07, 6.45) is 5.22. The number of aryl methyl sites for hydroxylation is 2. The van der Waals surface area contributed by atoms with Gasteiger partial charge >= 0.3 is 0 Å². The summed E-state index contributed by atoms with van der Waals surface area (Å²) < 4.78 is 0. The highest BCUT2D eigenvalue weighted by atomic mass is 16.1. The summed E-state index contributed by atoms with van der Waals surface area (Å²) >= 11 is 0. The van der Waals surface area contributed by atoms with E-state index >= 15 is 0 Å². The van der Waals surface area contributed by atoms with Crippen molar-refractivity contribution < 1.29 is 4.79 Å². The van der Waals surface area contributed by atoms with Gasteiger partial charge in [-0.25, -0.2) is 0 Å². The summed E-state index contributed by atoms with van der Waals surface area (Å²) in [4.78, 5) is 12.1. The van der Waals surface area contributed by atoms with Gasteiger partial charge in [-0.05, 0) is 60.1 Å². The molecule has 3 heteroatoms. The standard InChI is InChI=1S/C20H20N2O/c21-13-16-4-3-5-17(10-16)14-22-20(23)12-15-8-9-18-6-1-2-7-19(18)11-15/h3-5,8-11H,1-2,6-7,12,14H2,(H,22,23). The van der Waals surface area contributed by atoms with Crippen molar-refractivity contribution >= 4 is 5.91 Å². The van der Waals surface area contributed by atoms with Crippen molar-refractivity contribution in [3.05, 3.63) is 70.3 Å². The van der Waals surface area contributed by atoms with Gasteiger partial charge in [0, 0.05) is 6.54 Å². The van der Waals surface area contributed by atoms with E-state index in [4.69, 9.17) is 5.26 Å². The molecule has 0 spiro atoms. The van der Waals surface area contributed by atoms with E-state index in [9.17, 15) is 4.79 Å². The fourth-order valence-corrected chi connectivity index (χ4v) is 3.10. The Morgan fingerprint density at radius 2 is 1.87 bits per heavy atom. The Balaban J connectivity index is 1.58. The second-order valence-electron chi connectivity index (χ2n) is 6.08. The summed E-state index contributed by atoms with van der Waals surface area (Å²) in [5, 5.41) is 11.8. The van der Waals surface area contributed by atoms with Crippen molar-refractivity contribution in [2.24, 2.45) is 0 Å². The van der Waals surface area contributed by atoms with Gasteiger partial charge in [-0.15, -0.1) is 0 Å². The Morgan fingerprint density at radius 3 is 2.70 bits per heavy atom. The number of rotatable bonds is 4. The fourth-order valence-electron chi connectivity index (χ4n) is 3.10. The first-order valence-corrected chi connectivity index (χ1v) is 8.11. The summed E-state index contributed by atoms with van der Waals surface area (Å²) in [7, 11) is 0. The van der Waals surface area contributed by atoms with Crippen LogP contribution < -0.4 is 5.32 Å². The Bertz CT molecular complexity index is 758. The Hall–Kier alpha value is -2.60. The fraction of sp³-hybridized carbons (Fsp3) is 0.300. The highest BCUT2D eigenvalue weighted by Gasteiger charge is 2.11. The predicted molar refractivity (Wildman–Crippen MR) is 89.8 cm³/mol. The number of nitrogens with zero attached hydrogens (tertiary/aromatic N) is 1. The maximum Gasteiger partial charge on any atom is 0.224 e. The molecule has 1 amide bonds. The van der Waals surface area contributed by atoms with Gasteiger partial charge in [0.05, 0.1) is 18.1 Å². The Morgan fingerprint density at radius 1 is 1.04 bits per heavy atom. The molecule has 0 radical (unpaired) electrons. The van der Waals surface area contributed by atoms with E-state index in [1.807, 2.05) is 12.1 Å². The molecule has 0 heterocycles. The molecule has 3 nitrogen and oxygen atoms in total. The van der Waals surface area contributed by atoms with Crippen molar-refractivity contribution in [3.63, 3.8) is 0 Å². The van der Waals surface area contributed by atoms with Crippen LogP contribution in [0.5, 0.6) is 0 Å². The number of benzene rings is 2. The molecular formula is C20H20N2O. The zero-order chi connectivity index (χ0) is 16.1. The van der Waals surface area contributed by atoms with E-state index in [0.717, 1.165) is 24.0 Å². The molecule has 116 valence electrons. The SMILES string of the molecule is N#Cc1cccc(CNC(=O)Cc2ccc3c(c2)CCCC3)c1. The van der Waals surface area contributed by atoms with Crippen LogP contribution in [0.3, 0.4) is 0 Å². The lowest BCUT2D eigenvalue weighted by molar-refractivity contribution is -0.120. The predicted octanol–water partition coefficient (Wildman–Crippen LogP) is 3.30. The van der Waals surface area contributed by atoms with Crippen LogP contribution in [0, 0.1) is 11.3 Å². The second-order valence-corrected chi connectivity index (χ2v) is 6.08. The van der Waals surface area contributed by atoms with Crippen molar-refractivity contribution in [2.45, 2.75) is 38.6 Å². The van der Waals surface area contributed by atoms with Gasteiger partial charge in [0.2, 0.25) is 5.91 Å². The Kier molecular flexibility index (Phi) is 4.73. The van der Waals surface area contributed by atoms with Gasteiger partial charge in [-0.2, -0.15) is 5.26 Å². The van der Waals surface area contributed by atoms with Crippen molar-refractivity contribution in [3.8, 4) is 6.07 Å². The number of amides is 1. The second kappa shape index (κ2) is 7.11. The molecule has 1 N–H and O–H groups in total. The number of hydrogen-bond acceptors (Lipinski definition) is 2. The van der Waals surface area contributed by atoms with Gasteiger partial charge in [0.15, 0.2) is 0 Å². The third-order valence-corrected chi connectivity index (χ3v) is 4.32. The zero-order valence-corrected chi connectivity index (χ0v) is 13.1. The van der Waals surface area contributed by atoms with Gasteiger partial charge < -0.3 is 5.32 Å². The normalized spacial score (nSPS) is 13.0. The van der Waals surface area contributed by atoms with Gasteiger partial charge in [0.1, 0.15) is 0 Å². The van der Waals surface area contributed by atoms with Crippen LogP contribution in [0.1, 0.15) is 40.7 Å². The Labute approximate surface area is 137 Å². The van der Waals surface area contributed by atoms with E-state index < -0.39 is 0 Å². The average molecular weight is 304 g/mol. The molecule has 1 aliphatic rings. The summed E-state index contributed by atoms with van der Waals surface area (Å²) in [5.74, 6) is 0.0168. The largest absolute Gasteiger partial charge is 0.352 e. The zero-order valence-electron chi connectivity index (χ0n) is 13.1.